The van der Waals surface area contributed by atoms with E-state index in [1.807, 2.05) is 10.9 Å². The van der Waals surface area contributed by atoms with Crippen molar-refractivity contribution in [2.75, 3.05) is 0 Å². The van der Waals surface area contributed by atoms with Gasteiger partial charge in [0.25, 0.3) is 0 Å². The number of benzene rings is 1. The Labute approximate surface area is 160 Å². The number of hydrogen-bond donors (Lipinski definition) is 1. The second-order valence-electron chi connectivity index (χ2n) is 9.71. The highest BCUT2D eigenvalue weighted by molar-refractivity contribution is 5.62. The molecule has 4 rings (SSSR count). The molecule has 1 fully saturated rings. The minimum atomic E-state index is -0.665. The summed E-state index contributed by atoms with van der Waals surface area (Å²) in [5.74, 6) is -0.245. The molecule has 2 aliphatic carbocycles. The highest BCUT2D eigenvalue weighted by Crippen LogP contribution is 2.57. The predicted octanol–water partition coefficient (Wildman–Crippen LogP) is 5.31. The number of aromatic nitrogens is 2. The number of aliphatic hydroxyl groups is 1. The first-order valence-electron chi connectivity index (χ1n) is 9.88. The third kappa shape index (κ3) is 3.04. The van der Waals surface area contributed by atoms with Crippen molar-refractivity contribution in [2.24, 2.45) is 10.8 Å². The zero-order valence-electron chi connectivity index (χ0n) is 16.7. The Bertz CT molecular complexity index is 890. The van der Waals surface area contributed by atoms with Crippen molar-refractivity contribution in [1.29, 1.82) is 0 Å². The van der Waals surface area contributed by atoms with E-state index in [1.54, 1.807) is 12.1 Å². The topological polar surface area (TPSA) is 38.1 Å². The van der Waals surface area contributed by atoms with Gasteiger partial charge in [-0.3, -0.25) is 0 Å². The van der Waals surface area contributed by atoms with Gasteiger partial charge >= 0.3 is 0 Å². The summed E-state index contributed by atoms with van der Waals surface area (Å²) in [6, 6.07) is 6.43. The number of halogens is 1. The third-order valence-corrected chi connectivity index (χ3v) is 6.64. The van der Waals surface area contributed by atoms with E-state index in [2.05, 4.69) is 38.9 Å². The minimum absolute atomic E-state index is 0.214. The van der Waals surface area contributed by atoms with Crippen LogP contribution in [0, 0.1) is 16.6 Å². The lowest BCUT2D eigenvalue weighted by molar-refractivity contribution is -0.0533. The van der Waals surface area contributed by atoms with Crippen LogP contribution in [0.2, 0.25) is 0 Å². The van der Waals surface area contributed by atoms with Gasteiger partial charge in [0.15, 0.2) is 0 Å². The summed E-state index contributed by atoms with van der Waals surface area (Å²) in [6.07, 6.45) is 8.49. The molecule has 1 N–H and O–H groups in total. The fourth-order valence-corrected chi connectivity index (χ4v) is 4.70. The fourth-order valence-electron chi connectivity index (χ4n) is 4.70. The van der Waals surface area contributed by atoms with E-state index in [9.17, 15) is 9.50 Å². The Morgan fingerprint density at radius 1 is 1.22 bits per heavy atom. The lowest BCUT2D eigenvalue weighted by Gasteiger charge is -2.43. The van der Waals surface area contributed by atoms with Crippen LogP contribution in [0.5, 0.6) is 0 Å². The molecule has 144 valence electrons. The van der Waals surface area contributed by atoms with E-state index < -0.39 is 5.60 Å². The maximum Gasteiger partial charge on any atom is 0.123 e. The van der Waals surface area contributed by atoms with E-state index in [1.165, 1.54) is 17.7 Å². The van der Waals surface area contributed by atoms with Gasteiger partial charge in [-0.1, -0.05) is 33.3 Å². The molecule has 2 aromatic rings. The first-order valence-corrected chi connectivity index (χ1v) is 9.88. The third-order valence-electron chi connectivity index (χ3n) is 6.64. The molecule has 1 aromatic heterocycles. The Morgan fingerprint density at radius 2 is 1.93 bits per heavy atom. The van der Waals surface area contributed by atoms with E-state index in [4.69, 9.17) is 0 Å². The van der Waals surface area contributed by atoms with Crippen LogP contribution in [0.15, 0.2) is 36.0 Å². The van der Waals surface area contributed by atoms with Crippen molar-refractivity contribution in [3.05, 3.63) is 53.1 Å². The van der Waals surface area contributed by atoms with E-state index in [0.29, 0.717) is 0 Å². The molecule has 1 aromatic carbocycles. The monoisotopic (exact) mass is 368 g/mol. The molecule has 0 unspecified atom stereocenters. The summed E-state index contributed by atoms with van der Waals surface area (Å²) in [7, 11) is 0. The van der Waals surface area contributed by atoms with Crippen LogP contribution in [0.25, 0.3) is 11.8 Å². The molecule has 0 bridgehead atoms. The summed E-state index contributed by atoms with van der Waals surface area (Å²) in [6.45, 7) is 8.91. The molecule has 0 amide bonds. The molecule has 1 saturated carbocycles. The van der Waals surface area contributed by atoms with Gasteiger partial charge in [-0.05, 0) is 73.4 Å². The van der Waals surface area contributed by atoms with Gasteiger partial charge < -0.3 is 5.11 Å². The van der Waals surface area contributed by atoms with Crippen molar-refractivity contribution in [1.82, 2.24) is 9.78 Å². The number of fused-ring (bicyclic) bond motifs is 2. The molecule has 4 heteroatoms. The van der Waals surface area contributed by atoms with Gasteiger partial charge in [0.1, 0.15) is 5.82 Å². The zero-order valence-corrected chi connectivity index (χ0v) is 16.7. The average molecular weight is 368 g/mol. The summed E-state index contributed by atoms with van der Waals surface area (Å²) < 4.78 is 15.1. The lowest BCUT2D eigenvalue weighted by Crippen LogP contribution is -2.45. The Hall–Kier alpha value is -1.94. The molecular weight excluding hydrogens is 339 g/mol. The molecule has 0 aliphatic heterocycles. The van der Waals surface area contributed by atoms with E-state index in [-0.39, 0.29) is 16.6 Å². The number of hydrogen-bond acceptors (Lipinski definition) is 2. The Balaban J connectivity index is 1.68. The smallest absolute Gasteiger partial charge is 0.123 e. The van der Waals surface area contributed by atoms with Crippen LogP contribution in [0.3, 0.4) is 0 Å². The molecule has 27 heavy (non-hydrogen) atoms. The van der Waals surface area contributed by atoms with Crippen molar-refractivity contribution in [3.63, 3.8) is 0 Å². The van der Waals surface area contributed by atoms with Crippen LogP contribution < -0.4 is 0 Å². The van der Waals surface area contributed by atoms with Crippen molar-refractivity contribution >= 4 is 6.08 Å². The molecular formula is C23H29FN2O. The van der Waals surface area contributed by atoms with E-state index in [0.717, 1.165) is 49.0 Å². The molecule has 2 atom stereocenters. The maximum absolute atomic E-state index is 13.3. The molecule has 0 saturated heterocycles. The Morgan fingerprint density at radius 3 is 2.59 bits per heavy atom. The van der Waals surface area contributed by atoms with Crippen LogP contribution in [-0.4, -0.2) is 20.5 Å². The zero-order chi connectivity index (χ0) is 19.4. The summed E-state index contributed by atoms with van der Waals surface area (Å²) >= 11 is 0. The van der Waals surface area contributed by atoms with Crippen molar-refractivity contribution < 1.29 is 9.50 Å². The number of nitrogens with zero attached hydrogens (tertiary/aromatic N) is 2. The normalized spacial score (nSPS) is 27.3. The number of rotatable bonds is 3. The second kappa shape index (κ2) is 6.03. The minimum Gasteiger partial charge on any atom is -0.389 e. The molecule has 3 nitrogen and oxygen atoms in total. The van der Waals surface area contributed by atoms with Crippen molar-refractivity contribution in [2.45, 2.75) is 65.4 Å². The van der Waals surface area contributed by atoms with Gasteiger partial charge in [0, 0.05) is 5.41 Å². The van der Waals surface area contributed by atoms with Gasteiger partial charge in [0.05, 0.1) is 23.2 Å². The summed E-state index contributed by atoms with van der Waals surface area (Å²) in [4.78, 5) is 0. The van der Waals surface area contributed by atoms with E-state index >= 15 is 0 Å². The SMILES string of the molecule is CC(C)(C)CC[C@]1(O)CCC2=Cc3c(cnn3-c3ccc(F)cc3)C[C@@]21C. The summed E-state index contributed by atoms with van der Waals surface area (Å²) in [5.41, 5.74) is 3.71. The highest BCUT2D eigenvalue weighted by atomic mass is 19.1. The maximum atomic E-state index is 13.3. The Kier molecular flexibility index (Phi) is 4.12. The average Bonchev–Trinajstić information content (AvgIpc) is 3.10. The first kappa shape index (κ1) is 18.4. The highest BCUT2D eigenvalue weighted by Gasteiger charge is 2.55. The standard InChI is InChI=1S/C23H29FN2O/c1-21(2,3)11-12-23(27)10-9-17-13-20-16(14-22(17,23)4)15-25-26(20)19-7-5-18(24)6-8-19/h5-8,13,15,27H,9-12,14H2,1-4H3/t22-,23+/m0/s1. The first-order chi connectivity index (χ1) is 12.6. The molecule has 0 radical (unpaired) electrons. The molecule has 0 spiro atoms. The fraction of sp³-hybridized carbons (Fsp3) is 0.522. The van der Waals surface area contributed by atoms with Gasteiger partial charge in [-0.15, -0.1) is 0 Å². The van der Waals surface area contributed by atoms with Gasteiger partial charge in [-0.2, -0.15) is 5.10 Å². The van der Waals surface area contributed by atoms with Crippen LogP contribution in [0.4, 0.5) is 4.39 Å². The summed E-state index contributed by atoms with van der Waals surface area (Å²) in [5, 5.41) is 16.1. The quantitative estimate of drug-likeness (QED) is 0.797. The lowest BCUT2D eigenvalue weighted by atomic mass is 9.65. The van der Waals surface area contributed by atoms with Gasteiger partial charge in [0.2, 0.25) is 0 Å². The predicted molar refractivity (Wildman–Crippen MR) is 106 cm³/mol. The van der Waals surface area contributed by atoms with Crippen molar-refractivity contribution in [3.8, 4) is 5.69 Å². The van der Waals surface area contributed by atoms with Crippen LogP contribution in [0.1, 0.15) is 64.6 Å². The van der Waals surface area contributed by atoms with Gasteiger partial charge in [-0.25, -0.2) is 9.07 Å². The van der Waals surface area contributed by atoms with Crippen LogP contribution in [-0.2, 0) is 6.42 Å². The van der Waals surface area contributed by atoms with Crippen LogP contribution >= 0.6 is 0 Å². The molecule has 2 aliphatic rings. The second-order valence-corrected chi connectivity index (χ2v) is 9.71. The largest absolute Gasteiger partial charge is 0.389 e. The molecule has 1 heterocycles.